The van der Waals surface area contributed by atoms with Crippen molar-refractivity contribution >= 4 is 0 Å². The third kappa shape index (κ3) is 3.76. The molecule has 0 fully saturated rings. The second-order valence-electron chi connectivity index (χ2n) is 5.24. The van der Waals surface area contributed by atoms with Gasteiger partial charge in [-0.05, 0) is 30.2 Å². The van der Waals surface area contributed by atoms with Crippen LogP contribution in [0.4, 0.5) is 0 Å². The predicted octanol–water partition coefficient (Wildman–Crippen LogP) is 3.22. The molecular weight excluding hydrogens is 262 g/mol. The largest absolute Gasteiger partial charge is 0.493 e. The molecule has 3 rings (SSSR count). The van der Waals surface area contributed by atoms with E-state index in [1.807, 2.05) is 36.4 Å². The zero-order valence-electron chi connectivity index (χ0n) is 12.1. The highest BCUT2D eigenvalue weighted by Crippen LogP contribution is 2.32. The minimum absolute atomic E-state index is 0.534. The normalized spacial score (nSPS) is 16.9. The third-order valence-corrected chi connectivity index (χ3v) is 3.76. The molecule has 21 heavy (non-hydrogen) atoms. The molecule has 1 atom stereocenters. The Kier molecular flexibility index (Phi) is 4.74. The summed E-state index contributed by atoms with van der Waals surface area (Å²) in [7, 11) is 0. The number of ether oxygens (including phenoxy) is 2. The molecule has 0 spiro atoms. The lowest BCUT2D eigenvalue weighted by Crippen LogP contribution is -2.29. The molecule has 2 aromatic carbocycles. The molecule has 0 amide bonds. The average Bonchev–Trinajstić information content (AvgIpc) is 2.56. The lowest BCUT2D eigenvalue weighted by molar-refractivity contribution is 0.261. The second-order valence-corrected chi connectivity index (χ2v) is 5.24. The van der Waals surface area contributed by atoms with Gasteiger partial charge in [0.25, 0.3) is 0 Å². The number of nitrogens with one attached hydrogen (secondary N) is 1. The summed E-state index contributed by atoms with van der Waals surface area (Å²) in [5.41, 5.74) is 1.32. The van der Waals surface area contributed by atoms with Crippen molar-refractivity contribution in [3.8, 4) is 11.5 Å². The number of hydrogen-bond acceptors (Lipinski definition) is 3. The van der Waals surface area contributed by atoms with Gasteiger partial charge in [0.1, 0.15) is 18.1 Å². The number of para-hydroxylation sites is 2. The lowest BCUT2D eigenvalue weighted by atomic mass is 9.93. The van der Waals surface area contributed by atoms with Gasteiger partial charge in [-0.3, -0.25) is 0 Å². The van der Waals surface area contributed by atoms with Gasteiger partial charge < -0.3 is 14.8 Å². The molecule has 110 valence electrons. The average molecular weight is 283 g/mol. The topological polar surface area (TPSA) is 30.5 Å². The molecule has 3 nitrogen and oxygen atoms in total. The van der Waals surface area contributed by atoms with Crippen LogP contribution >= 0.6 is 0 Å². The fourth-order valence-corrected chi connectivity index (χ4v) is 2.66. The van der Waals surface area contributed by atoms with Gasteiger partial charge in [-0.1, -0.05) is 36.4 Å². The molecule has 1 N–H and O–H groups in total. The van der Waals surface area contributed by atoms with Gasteiger partial charge in [-0.25, -0.2) is 0 Å². The SMILES string of the molecule is c1ccc(OCCNCC2CCOc3ccccc32)cc1. The smallest absolute Gasteiger partial charge is 0.122 e. The first-order valence-corrected chi connectivity index (χ1v) is 7.54. The van der Waals surface area contributed by atoms with Crippen LogP contribution in [-0.2, 0) is 0 Å². The Labute approximate surface area is 125 Å². The quantitative estimate of drug-likeness (QED) is 0.826. The van der Waals surface area contributed by atoms with E-state index in [1.54, 1.807) is 0 Å². The minimum Gasteiger partial charge on any atom is -0.493 e. The van der Waals surface area contributed by atoms with Crippen molar-refractivity contribution < 1.29 is 9.47 Å². The Bertz CT molecular complexity index is 556. The first-order chi connectivity index (χ1) is 10.4. The van der Waals surface area contributed by atoms with Crippen LogP contribution in [-0.4, -0.2) is 26.3 Å². The van der Waals surface area contributed by atoms with Crippen LogP contribution in [0.15, 0.2) is 54.6 Å². The number of rotatable bonds is 6. The summed E-state index contributed by atoms with van der Waals surface area (Å²) in [4.78, 5) is 0. The molecule has 2 aromatic rings. The van der Waals surface area contributed by atoms with E-state index < -0.39 is 0 Å². The zero-order chi connectivity index (χ0) is 14.3. The molecule has 0 bridgehead atoms. The summed E-state index contributed by atoms with van der Waals surface area (Å²) in [5.74, 6) is 2.50. The van der Waals surface area contributed by atoms with Crippen LogP contribution < -0.4 is 14.8 Å². The summed E-state index contributed by atoms with van der Waals surface area (Å²) < 4.78 is 11.4. The van der Waals surface area contributed by atoms with Crippen molar-refractivity contribution in [2.24, 2.45) is 0 Å². The Balaban J connectivity index is 1.42. The fraction of sp³-hybridized carbons (Fsp3) is 0.333. The van der Waals surface area contributed by atoms with E-state index in [0.717, 1.165) is 37.6 Å². The summed E-state index contributed by atoms with van der Waals surface area (Å²) >= 11 is 0. The van der Waals surface area contributed by atoms with E-state index in [0.29, 0.717) is 12.5 Å². The van der Waals surface area contributed by atoms with Gasteiger partial charge >= 0.3 is 0 Å². The van der Waals surface area contributed by atoms with Gasteiger partial charge in [0.2, 0.25) is 0 Å². The molecule has 0 aliphatic carbocycles. The molecule has 1 heterocycles. The van der Waals surface area contributed by atoms with E-state index >= 15 is 0 Å². The molecule has 0 radical (unpaired) electrons. The molecule has 1 aliphatic rings. The Morgan fingerprint density at radius 3 is 2.76 bits per heavy atom. The summed E-state index contributed by atoms with van der Waals surface area (Å²) in [6.07, 6.45) is 1.07. The maximum Gasteiger partial charge on any atom is 0.122 e. The molecular formula is C18H21NO2. The highest BCUT2D eigenvalue weighted by molar-refractivity contribution is 5.37. The molecule has 3 heteroatoms. The fourth-order valence-electron chi connectivity index (χ4n) is 2.66. The van der Waals surface area contributed by atoms with Gasteiger partial charge in [0.15, 0.2) is 0 Å². The van der Waals surface area contributed by atoms with Crippen molar-refractivity contribution in [3.05, 3.63) is 60.2 Å². The Morgan fingerprint density at radius 1 is 1.05 bits per heavy atom. The molecule has 1 unspecified atom stereocenters. The first kappa shape index (κ1) is 14.0. The Morgan fingerprint density at radius 2 is 1.86 bits per heavy atom. The summed E-state index contributed by atoms with van der Waals surface area (Å²) in [6.45, 7) is 3.33. The van der Waals surface area contributed by atoms with Gasteiger partial charge in [0.05, 0.1) is 6.61 Å². The zero-order valence-corrected chi connectivity index (χ0v) is 12.1. The molecule has 0 saturated heterocycles. The van der Waals surface area contributed by atoms with E-state index in [-0.39, 0.29) is 0 Å². The highest BCUT2D eigenvalue weighted by Gasteiger charge is 2.20. The monoisotopic (exact) mass is 283 g/mol. The van der Waals surface area contributed by atoms with E-state index in [4.69, 9.17) is 9.47 Å². The van der Waals surface area contributed by atoms with Crippen molar-refractivity contribution in [3.63, 3.8) is 0 Å². The third-order valence-electron chi connectivity index (χ3n) is 3.76. The van der Waals surface area contributed by atoms with Gasteiger partial charge in [-0.2, -0.15) is 0 Å². The summed E-state index contributed by atoms with van der Waals surface area (Å²) in [6, 6.07) is 18.3. The maximum atomic E-state index is 5.69. The van der Waals surface area contributed by atoms with Gasteiger partial charge in [0, 0.05) is 19.0 Å². The van der Waals surface area contributed by atoms with Crippen LogP contribution in [0, 0.1) is 0 Å². The summed E-state index contributed by atoms with van der Waals surface area (Å²) in [5, 5.41) is 3.49. The van der Waals surface area contributed by atoms with Crippen molar-refractivity contribution in [1.29, 1.82) is 0 Å². The first-order valence-electron chi connectivity index (χ1n) is 7.54. The van der Waals surface area contributed by atoms with E-state index in [9.17, 15) is 0 Å². The number of fused-ring (bicyclic) bond motifs is 1. The van der Waals surface area contributed by atoms with Crippen LogP contribution in [0.1, 0.15) is 17.9 Å². The van der Waals surface area contributed by atoms with E-state index in [2.05, 4.69) is 23.5 Å². The number of hydrogen-bond donors (Lipinski definition) is 1. The maximum absolute atomic E-state index is 5.69. The highest BCUT2D eigenvalue weighted by atomic mass is 16.5. The van der Waals surface area contributed by atoms with Crippen molar-refractivity contribution in [2.45, 2.75) is 12.3 Å². The van der Waals surface area contributed by atoms with Crippen molar-refractivity contribution in [1.82, 2.24) is 5.32 Å². The Hall–Kier alpha value is -2.00. The van der Waals surface area contributed by atoms with Crippen LogP contribution in [0.3, 0.4) is 0 Å². The van der Waals surface area contributed by atoms with Crippen LogP contribution in [0.5, 0.6) is 11.5 Å². The molecule has 0 aromatic heterocycles. The number of benzene rings is 2. The second kappa shape index (κ2) is 7.14. The minimum atomic E-state index is 0.534. The van der Waals surface area contributed by atoms with E-state index in [1.165, 1.54) is 5.56 Å². The van der Waals surface area contributed by atoms with Crippen LogP contribution in [0.2, 0.25) is 0 Å². The van der Waals surface area contributed by atoms with Crippen molar-refractivity contribution in [2.75, 3.05) is 26.3 Å². The van der Waals surface area contributed by atoms with Crippen LogP contribution in [0.25, 0.3) is 0 Å². The predicted molar refractivity (Wildman–Crippen MR) is 84.1 cm³/mol. The standard InChI is InChI=1S/C18H21NO2/c1-2-6-16(7-3-1)20-13-11-19-14-15-10-12-21-18-9-5-4-8-17(15)18/h1-9,15,19H,10-14H2. The van der Waals surface area contributed by atoms with Gasteiger partial charge in [-0.15, -0.1) is 0 Å². The molecule has 1 aliphatic heterocycles. The lowest BCUT2D eigenvalue weighted by Gasteiger charge is -2.26. The molecule has 0 saturated carbocycles.